The third-order valence-corrected chi connectivity index (χ3v) is 5.27. The maximum Gasteiger partial charge on any atom is 0.191 e. The van der Waals surface area contributed by atoms with Crippen LogP contribution < -0.4 is 10.6 Å². The molecule has 0 saturated heterocycles. The van der Waals surface area contributed by atoms with Crippen LogP contribution in [0.2, 0.25) is 0 Å². The van der Waals surface area contributed by atoms with Gasteiger partial charge in [0.15, 0.2) is 5.96 Å². The summed E-state index contributed by atoms with van der Waals surface area (Å²) in [7, 11) is 0. The first-order valence-corrected chi connectivity index (χ1v) is 9.36. The number of aryl methyl sites for hydroxylation is 2. The number of halogens is 1. The molecule has 2 aromatic rings. The van der Waals surface area contributed by atoms with E-state index in [-0.39, 0.29) is 24.0 Å². The Labute approximate surface area is 163 Å². The van der Waals surface area contributed by atoms with Crippen LogP contribution in [0, 0.1) is 13.8 Å². The molecule has 0 fully saturated rings. The fourth-order valence-corrected chi connectivity index (χ4v) is 3.81. The van der Waals surface area contributed by atoms with Crippen LogP contribution in [0.3, 0.4) is 0 Å². The molecule has 0 radical (unpaired) electrons. The highest BCUT2D eigenvalue weighted by Gasteiger charge is 2.04. The molecule has 0 aromatic carbocycles. The lowest BCUT2D eigenvalue weighted by Gasteiger charge is -2.10. The number of aliphatic imine (C=N–C) groups is 1. The van der Waals surface area contributed by atoms with Crippen molar-refractivity contribution in [3.05, 3.63) is 38.0 Å². The zero-order valence-electron chi connectivity index (χ0n) is 13.9. The second-order valence-corrected chi connectivity index (χ2v) is 7.33. The molecule has 0 aliphatic rings. The first kappa shape index (κ1) is 20.4. The molecule has 0 unspecified atom stereocenters. The zero-order chi connectivity index (χ0) is 15.8. The summed E-state index contributed by atoms with van der Waals surface area (Å²) in [6, 6.07) is 4.27. The normalized spacial score (nSPS) is 11.2. The van der Waals surface area contributed by atoms with Gasteiger partial charge in [0.2, 0.25) is 0 Å². The van der Waals surface area contributed by atoms with Gasteiger partial charge in [0.1, 0.15) is 0 Å². The van der Waals surface area contributed by atoms with E-state index < -0.39 is 0 Å². The Balaban J connectivity index is 0.00000264. The monoisotopic (exact) mass is 464 g/mol. The fourth-order valence-electron chi connectivity index (χ4n) is 2.18. The molecule has 0 amide bonds. The van der Waals surface area contributed by atoms with Gasteiger partial charge in [0.05, 0.1) is 10.7 Å². The van der Waals surface area contributed by atoms with Crippen LogP contribution in [0.5, 0.6) is 0 Å². The van der Waals surface area contributed by atoms with Gasteiger partial charge in [-0.05, 0) is 38.6 Å². The molecule has 2 rings (SSSR count). The van der Waals surface area contributed by atoms with Crippen molar-refractivity contribution in [1.82, 2.24) is 15.6 Å². The second-order valence-electron chi connectivity index (χ2n) is 5.01. The van der Waals surface area contributed by atoms with Crippen molar-refractivity contribution in [2.45, 2.75) is 33.6 Å². The van der Waals surface area contributed by atoms with E-state index in [9.17, 15) is 0 Å². The number of guanidine groups is 1. The van der Waals surface area contributed by atoms with E-state index in [0.29, 0.717) is 0 Å². The maximum atomic E-state index is 4.65. The van der Waals surface area contributed by atoms with E-state index in [1.54, 1.807) is 22.7 Å². The molecule has 23 heavy (non-hydrogen) atoms. The first-order valence-electron chi connectivity index (χ1n) is 7.66. The minimum Gasteiger partial charge on any atom is -0.357 e. The molecule has 4 nitrogen and oxygen atoms in total. The Morgan fingerprint density at radius 2 is 2.09 bits per heavy atom. The SMILES string of the molecule is CCNC(=NCCc1sc(C)nc1C)NCCc1cccs1.I. The van der Waals surface area contributed by atoms with E-state index in [1.807, 2.05) is 0 Å². The molecule has 0 saturated carbocycles. The highest BCUT2D eigenvalue weighted by atomic mass is 127. The third kappa shape index (κ3) is 7.17. The Hall–Kier alpha value is -0.670. The number of hydrogen-bond acceptors (Lipinski definition) is 4. The minimum absolute atomic E-state index is 0. The lowest BCUT2D eigenvalue weighted by atomic mass is 10.3. The zero-order valence-corrected chi connectivity index (χ0v) is 17.9. The second kappa shape index (κ2) is 11.0. The average Bonchev–Trinajstić information content (AvgIpc) is 3.09. The molecule has 0 atom stereocenters. The number of nitrogens with zero attached hydrogens (tertiary/aromatic N) is 2. The smallest absolute Gasteiger partial charge is 0.191 e. The molecule has 0 bridgehead atoms. The maximum absolute atomic E-state index is 4.65. The predicted octanol–water partition coefficient (Wildman–Crippen LogP) is 3.78. The van der Waals surface area contributed by atoms with Gasteiger partial charge in [-0.15, -0.1) is 46.7 Å². The summed E-state index contributed by atoms with van der Waals surface area (Å²) >= 11 is 3.58. The Morgan fingerprint density at radius 3 is 2.70 bits per heavy atom. The highest BCUT2D eigenvalue weighted by Crippen LogP contribution is 2.17. The summed E-state index contributed by atoms with van der Waals surface area (Å²) in [6.45, 7) is 8.80. The number of thiophene rings is 1. The molecule has 0 spiro atoms. The van der Waals surface area contributed by atoms with Gasteiger partial charge in [-0.2, -0.15) is 0 Å². The van der Waals surface area contributed by atoms with E-state index in [1.165, 1.54) is 9.75 Å². The Kier molecular flexibility index (Phi) is 9.73. The van der Waals surface area contributed by atoms with Crippen molar-refractivity contribution in [3.63, 3.8) is 0 Å². The molecule has 0 aliphatic carbocycles. The summed E-state index contributed by atoms with van der Waals surface area (Å²) in [5.74, 6) is 0.901. The number of rotatable bonds is 7. The van der Waals surface area contributed by atoms with Crippen LogP contribution >= 0.6 is 46.7 Å². The van der Waals surface area contributed by atoms with Gasteiger partial charge >= 0.3 is 0 Å². The van der Waals surface area contributed by atoms with Gasteiger partial charge in [-0.25, -0.2) is 4.98 Å². The molecule has 2 aromatic heterocycles. The van der Waals surface area contributed by atoms with Gasteiger partial charge in [-0.3, -0.25) is 4.99 Å². The van der Waals surface area contributed by atoms with Crippen LogP contribution in [0.4, 0.5) is 0 Å². The summed E-state index contributed by atoms with van der Waals surface area (Å²) in [6.07, 6.45) is 1.99. The predicted molar refractivity (Wildman–Crippen MR) is 113 cm³/mol. The van der Waals surface area contributed by atoms with Crippen LogP contribution in [-0.4, -0.2) is 30.6 Å². The van der Waals surface area contributed by atoms with Gasteiger partial charge in [0, 0.05) is 35.8 Å². The van der Waals surface area contributed by atoms with Crippen LogP contribution in [-0.2, 0) is 12.8 Å². The van der Waals surface area contributed by atoms with Crippen LogP contribution in [0.1, 0.15) is 27.4 Å². The largest absolute Gasteiger partial charge is 0.357 e. The van der Waals surface area contributed by atoms with E-state index in [4.69, 9.17) is 0 Å². The number of nitrogens with one attached hydrogen (secondary N) is 2. The Morgan fingerprint density at radius 1 is 1.26 bits per heavy atom. The van der Waals surface area contributed by atoms with Crippen molar-refractivity contribution >= 4 is 52.6 Å². The molecular formula is C16H25IN4S2. The molecule has 2 heterocycles. The summed E-state index contributed by atoms with van der Waals surface area (Å²) in [4.78, 5) is 11.9. The van der Waals surface area contributed by atoms with Crippen LogP contribution in [0.15, 0.2) is 22.5 Å². The Bertz CT molecular complexity index is 593. The van der Waals surface area contributed by atoms with Gasteiger partial charge < -0.3 is 10.6 Å². The van der Waals surface area contributed by atoms with Crippen LogP contribution in [0.25, 0.3) is 0 Å². The molecule has 7 heteroatoms. The van der Waals surface area contributed by atoms with Crippen molar-refractivity contribution in [3.8, 4) is 0 Å². The fraction of sp³-hybridized carbons (Fsp3) is 0.500. The lowest BCUT2D eigenvalue weighted by molar-refractivity contribution is 0.802. The standard InChI is InChI=1S/C16H24N4S2.HI/c1-4-17-16(18-9-7-14-6-5-11-21-14)19-10-8-15-12(2)20-13(3)22-15;/h5-6,11H,4,7-10H2,1-3H3,(H2,17,18,19);1H. The number of thiazole rings is 1. The van der Waals surface area contributed by atoms with Crippen molar-refractivity contribution in [1.29, 1.82) is 0 Å². The first-order chi connectivity index (χ1) is 10.7. The number of aromatic nitrogens is 1. The summed E-state index contributed by atoms with van der Waals surface area (Å²) in [5.41, 5.74) is 1.15. The molecule has 0 aliphatic heterocycles. The average molecular weight is 464 g/mol. The summed E-state index contributed by atoms with van der Waals surface area (Å²) < 4.78 is 0. The van der Waals surface area contributed by atoms with Gasteiger partial charge in [0.25, 0.3) is 0 Å². The lowest BCUT2D eigenvalue weighted by Crippen LogP contribution is -2.38. The van der Waals surface area contributed by atoms with E-state index >= 15 is 0 Å². The van der Waals surface area contributed by atoms with Crippen molar-refractivity contribution in [2.75, 3.05) is 19.6 Å². The topological polar surface area (TPSA) is 49.3 Å². The molecule has 128 valence electrons. The third-order valence-electron chi connectivity index (χ3n) is 3.20. The summed E-state index contributed by atoms with van der Waals surface area (Å²) in [5, 5.41) is 9.95. The van der Waals surface area contributed by atoms with Gasteiger partial charge in [-0.1, -0.05) is 6.07 Å². The van der Waals surface area contributed by atoms with E-state index in [0.717, 1.165) is 49.1 Å². The molecular weight excluding hydrogens is 439 g/mol. The number of hydrogen-bond donors (Lipinski definition) is 2. The minimum atomic E-state index is 0. The van der Waals surface area contributed by atoms with Crippen molar-refractivity contribution in [2.24, 2.45) is 4.99 Å². The van der Waals surface area contributed by atoms with Crippen molar-refractivity contribution < 1.29 is 0 Å². The highest BCUT2D eigenvalue weighted by molar-refractivity contribution is 14.0. The molecule has 2 N–H and O–H groups in total. The van der Waals surface area contributed by atoms with E-state index in [2.05, 4.69) is 58.9 Å². The quantitative estimate of drug-likeness (QED) is 0.373.